The van der Waals surface area contributed by atoms with Crippen LogP contribution in [0, 0.1) is 0 Å². The number of carbonyl (C=O) groups excluding carboxylic acids is 3. The van der Waals surface area contributed by atoms with E-state index in [0.29, 0.717) is 16.7 Å². The minimum absolute atomic E-state index is 0.101. The average molecular weight is 706 g/mol. The zero-order valence-corrected chi connectivity index (χ0v) is 30.4. The van der Waals surface area contributed by atoms with Crippen molar-refractivity contribution in [1.82, 2.24) is 0 Å². The predicted molar refractivity (Wildman–Crippen MR) is 224 cm³/mol. The smallest absolute Gasteiger partial charge is 0.258 e. The molecule has 264 valence electrons. The lowest BCUT2D eigenvalue weighted by atomic mass is 10.1. The third-order valence-corrected chi connectivity index (χ3v) is 9.63. The van der Waals surface area contributed by atoms with E-state index in [1.165, 1.54) is 0 Å². The van der Waals surface area contributed by atoms with Crippen molar-refractivity contribution in [1.29, 1.82) is 0 Å². The summed E-state index contributed by atoms with van der Waals surface area (Å²) in [5, 5.41) is 0. The van der Waals surface area contributed by atoms with Gasteiger partial charge in [0.15, 0.2) is 0 Å². The van der Waals surface area contributed by atoms with Crippen LogP contribution in [0.2, 0.25) is 0 Å². The molecular formula is C48H39N3O3. The topological polar surface area (TPSA) is 60.9 Å². The van der Waals surface area contributed by atoms with Gasteiger partial charge in [-0.05, 0) is 106 Å². The Labute approximate surface area is 316 Å². The summed E-state index contributed by atoms with van der Waals surface area (Å²) in [6, 6.07) is 46.0. The number of anilines is 3. The minimum atomic E-state index is -0.101. The maximum Gasteiger partial charge on any atom is 0.258 e. The number of hydrogen-bond acceptors (Lipinski definition) is 3. The lowest BCUT2D eigenvalue weighted by Gasteiger charge is -2.18. The lowest BCUT2D eigenvalue weighted by Crippen LogP contribution is -2.26. The number of nitrogens with zero attached hydrogens (tertiary/aromatic N) is 3. The van der Waals surface area contributed by atoms with Crippen LogP contribution < -0.4 is 14.7 Å². The molecule has 0 atom stereocenters. The molecule has 16 rings (SSSR count). The Bertz CT molecular complexity index is 2100. The monoisotopic (exact) mass is 705 g/mol. The summed E-state index contributed by atoms with van der Waals surface area (Å²) in [6.07, 6.45) is 12.0. The fourth-order valence-corrected chi connectivity index (χ4v) is 6.15. The molecule has 0 N–H and O–H groups in total. The van der Waals surface area contributed by atoms with Gasteiger partial charge in [0.2, 0.25) is 0 Å². The Kier molecular flexibility index (Phi) is 10.3. The fraction of sp³-hybridized carbons (Fsp3) is 0.0625. The summed E-state index contributed by atoms with van der Waals surface area (Å²) in [5.74, 6) is -0.302. The van der Waals surface area contributed by atoms with Gasteiger partial charge < -0.3 is 14.7 Å². The van der Waals surface area contributed by atoms with E-state index in [0.717, 1.165) is 50.4 Å². The van der Waals surface area contributed by atoms with Crippen LogP contribution in [0.1, 0.15) is 64.5 Å². The second-order valence-electron chi connectivity index (χ2n) is 13.2. The van der Waals surface area contributed by atoms with E-state index in [1.807, 2.05) is 182 Å². The van der Waals surface area contributed by atoms with Crippen molar-refractivity contribution in [2.24, 2.45) is 0 Å². The normalized spacial score (nSPS) is 13.6. The number of hydrogen-bond donors (Lipinski definition) is 0. The fourth-order valence-electron chi connectivity index (χ4n) is 6.15. The lowest BCUT2D eigenvalue weighted by molar-refractivity contribution is 0.0985. The molecule has 0 unspecified atom stereocenters. The van der Waals surface area contributed by atoms with Crippen LogP contribution >= 0.6 is 0 Å². The Morgan fingerprint density at radius 2 is 0.426 bits per heavy atom. The van der Waals surface area contributed by atoms with Gasteiger partial charge in [-0.1, -0.05) is 109 Å². The Hall–Kier alpha value is -7.05. The standard InChI is InChI=1S/C48H39N3O3/c1-49-43-28-16-37(17-29-43)7-4-35-12-24-41(25-13-35)47(53)51(3)45-32-20-39(21-33-45)9-6-36-14-26-42(27-15-36)48(54)50(2)44-30-18-38(19-31-44)8-5-34-10-22-40(23-11-34)46(49)52/h4-33H,1-3H3. The molecule has 12 bridgehead atoms. The van der Waals surface area contributed by atoms with Crippen molar-refractivity contribution in [2.45, 2.75) is 0 Å². The highest BCUT2D eigenvalue weighted by atomic mass is 16.2. The van der Waals surface area contributed by atoms with Gasteiger partial charge in [0.1, 0.15) is 0 Å². The molecule has 54 heavy (non-hydrogen) atoms. The summed E-state index contributed by atoms with van der Waals surface area (Å²) in [6.45, 7) is 0. The molecule has 10 aliphatic rings. The Morgan fingerprint density at radius 3 is 0.611 bits per heavy atom. The van der Waals surface area contributed by atoms with E-state index >= 15 is 0 Å². The van der Waals surface area contributed by atoms with Gasteiger partial charge in [0.05, 0.1) is 0 Å². The van der Waals surface area contributed by atoms with Gasteiger partial charge in [-0.2, -0.15) is 0 Å². The number of carbonyl (C=O) groups is 3. The van der Waals surface area contributed by atoms with Gasteiger partial charge >= 0.3 is 0 Å². The summed E-state index contributed by atoms with van der Waals surface area (Å²) in [4.78, 5) is 44.9. The van der Waals surface area contributed by atoms with E-state index in [1.54, 1.807) is 35.8 Å². The minimum Gasteiger partial charge on any atom is -0.311 e. The van der Waals surface area contributed by atoms with Gasteiger partial charge in [0.25, 0.3) is 17.7 Å². The van der Waals surface area contributed by atoms with Crippen LogP contribution in [0.5, 0.6) is 0 Å². The van der Waals surface area contributed by atoms with E-state index in [9.17, 15) is 14.4 Å². The quantitative estimate of drug-likeness (QED) is 0.158. The van der Waals surface area contributed by atoms with Crippen LogP contribution in [-0.4, -0.2) is 38.9 Å². The number of amides is 3. The summed E-state index contributed by atoms with van der Waals surface area (Å²) in [7, 11) is 5.32. The highest BCUT2D eigenvalue weighted by Crippen LogP contribution is 2.23. The molecule has 10 aliphatic heterocycles. The van der Waals surface area contributed by atoms with Crippen molar-refractivity contribution in [2.75, 3.05) is 35.8 Å². The molecule has 0 spiro atoms. The van der Waals surface area contributed by atoms with Crippen LogP contribution in [0.15, 0.2) is 146 Å². The highest BCUT2D eigenvalue weighted by molar-refractivity contribution is 6.07. The second kappa shape index (κ2) is 15.7. The van der Waals surface area contributed by atoms with E-state index in [2.05, 4.69) is 0 Å². The van der Waals surface area contributed by atoms with Gasteiger partial charge in [-0.3, -0.25) is 14.4 Å². The van der Waals surface area contributed by atoms with Crippen molar-refractivity contribution >= 4 is 71.2 Å². The zero-order chi connectivity index (χ0) is 37.6. The van der Waals surface area contributed by atoms with Crippen molar-refractivity contribution < 1.29 is 14.4 Å². The first-order valence-electron chi connectivity index (χ1n) is 17.7. The molecule has 0 aliphatic carbocycles. The molecule has 3 amide bonds. The summed E-state index contributed by atoms with van der Waals surface area (Å²) < 4.78 is 0. The molecule has 6 nitrogen and oxygen atoms in total. The molecular weight excluding hydrogens is 667 g/mol. The van der Waals surface area contributed by atoms with Crippen molar-refractivity contribution in [3.05, 3.63) is 196 Å². The largest absolute Gasteiger partial charge is 0.311 e. The van der Waals surface area contributed by atoms with E-state index in [4.69, 9.17) is 0 Å². The zero-order valence-electron chi connectivity index (χ0n) is 30.4. The first kappa shape index (κ1) is 35.4. The van der Waals surface area contributed by atoms with Crippen LogP contribution in [0.25, 0.3) is 36.5 Å². The molecule has 0 radical (unpaired) electrons. The molecule has 0 fully saturated rings. The maximum atomic E-state index is 13.3. The van der Waals surface area contributed by atoms with E-state index < -0.39 is 0 Å². The van der Waals surface area contributed by atoms with Gasteiger partial charge in [-0.25, -0.2) is 0 Å². The Balaban J connectivity index is 1.15. The van der Waals surface area contributed by atoms with Gasteiger partial charge in [-0.15, -0.1) is 0 Å². The molecule has 0 aromatic heterocycles. The Morgan fingerprint density at radius 1 is 0.259 bits per heavy atom. The SMILES string of the molecule is CN1C(=O)c2ccc(cc2)C=Cc2ccc(cc2)N(C)C(=O)c2ccc(cc2)C=Cc2ccc(cc2)N(C)C(=O)c2ccc(cc2)C=Cc2ccc1cc2. The number of rotatable bonds is 0. The van der Waals surface area contributed by atoms with Gasteiger partial charge in [0, 0.05) is 54.9 Å². The first-order valence-corrected chi connectivity index (χ1v) is 17.7. The molecule has 0 saturated carbocycles. The van der Waals surface area contributed by atoms with Crippen LogP contribution in [0.3, 0.4) is 0 Å². The molecule has 6 aromatic carbocycles. The van der Waals surface area contributed by atoms with Crippen molar-refractivity contribution in [3.8, 4) is 0 Å². The van der Waals surface area contributed by atoms with Crippen molar-refractivity contribution in [3.63, 3.8) is 0 Å². The summed E-state index contributed by atoms with van der Waals surface area (Å²) >= 11 is 0. The molecule has 0 saturated heterocycles. The predicted octanol–water partition coefficient (Wildman–Crippen LogP) is 10.3. The molecule has 6 aromatic rings. The summed E-state index contributed by atoms with van der Waals surface area (Å²) in [5.41, 5.74) is 10.0. The highest BCUT2D eigenvalue weighted by Gasteiger charge is 2.16. The van der Waals surface area contributed by atoms with Crippen LogP contribution in [0.4, 0.5) is 17.1 Å². The molecule has 6 heteroatoms. The van der Waals surface area contributed by atoms with Crippen LogP contribution in [-0.2, 0) is 0 Å². The third kappa shape index (κ3) is 8.04. The maximum absolute atomic E-state index is 13.3. The third-order valence-electron chi connectivity index (χ3n) is 9.63. The second-order valence-corrected chi connectivity index (χ2v) is 13.2. The molecule has 10 heterocycles. The number of benzene rings is 6. The van der Waals surface area contributed by atoms with E-state index in [-0.39, 0.29) is 17.7 Å². The first-order chi connectivity index (χ1) is 26.2. The average Bonchev–Trinajstić information content (AvgIpc) is 3.23.